The molecule has 2 heterocycles. The Balaban J connectivity index is 1.46. The minimum Gasteiger partial charge on any atom is -0.491 e. The maximum Gasteiger partial charge on any atom is 0.121 e. The van der Waals surface area contributed by atoms with Crippen LogP contribution >= 0.6 is 11.3 Å². The summed E-state index contributed by atoms with van der Waals surface area (Å²) in [6, 6.07) is 9.45. The van der Waals surface area contributed by atoms with Crippen LogP contribution in [0.5, 0.6) is 5.75 Å². The predicted octanol–water partition coefficient (Wildman–Crippen LogP) is 2.65. The lowest BCUT2D eigenvalue weighted by Crippen LogP contribution is -2.23. The largest absolute Gasteiger partial charge is 0.491 e. The number of nitrogens with zero attached hydrogens (tertiary/aromatic N) is 2. The average Bonchev–Trinajstić information content (AvgIpc) is 3.06. The van der Waals surface area contributed by atoms with Gasteiger partial charge in [0.15, 0.2) is 0 Å². The van der Waals surface area contributed by atoms with E-state index in [0.717, 1.165) is 15.9 Å². The summed E-state index contributed by atoms with van der Waals surface area (Å²) >= 11 is 1.64. The highest BCUT2D eigenvalue weighted by Gasteiger charge is 2.07. The molecule has 0 bridgehead atoms. The molecule has 1 aromatic carbocycles. The second-order valence-corrected chi connectivity index (χ2v) is 5.80. The minimum absolute atomic E-state index is 0.177. The molecule has 1 N–H and O–H groups in total. The van der Waals surface area contributed by atoms with Gasteiger partial charge in [-0.15, -0.1) is 11.3 Å². The Hall–Kier alpha value is -2.02. The second-order valence-electron chi connectivity index (χ2n) is 4.77. The van der Waals surface area contributed by atoms with Gasteiger partial charge in [-0.25, -0.2) is 0 Å². The third kappa shape index (κ3) is 4.00. The molecule has 0 radical (unpaired) electrons. The van der Waals surface area contributed by atoms with Crippen LogP contribution in [0.4, 0.5) is 0 Å². The van der Waals surface area contributed by atoms with Gasteiger partial charge in [-0.2, -0.15) is 0 Å². The van der Waals surface area contributed by atoms with Crippen LogP contribution in [0.3, 0.4) is 0 Å². The van der Waals surface area contributed by atoms with Crippen LogP contribution in [0.25, 0.3) is 11.0 Å². The topological polar surface area (TPSA) is 64.5 Å². The summed E-state index contributed by atoms with van der Waals surface area (Å²) in [7, 11) is 0. The number of benzene rings is 1. The Morgan fingerprint density at radius 1 is 1.09 bits per heavy atom. The van der Waals surface area contributed by atoms with Crippen molar-refractivity contribution in [3.8, 4) is 5.75 Å². The predicted molar refractivity (Wildman–Crippen MR) is 85.0 cm³/mol. The van der Waals surface area contributed by atoms with Gasteiger partial charge in [-0.1, -0.05) is 6.07 Å². The molecule has 3 rings (SSSR count). The number of aromatic nitrogens is 2. The molecular formula is C16H16N2O3S. The zero-order valence-electron chi connectivity index (χ0n) is 11.9. The van der Waals surface area contributed by atoms with E-state index in [9.17, 15) is 5.11 Å². The zero-order chi connectivity index (χ0) is 15.2. The van der Waals surface area contributed by atoms with Crippen LogP contribution in [0, 0.1) is 0 Å². The number of hydrogen-bond donors (Lipinski definition) is 1. The molecule has 0 spiro atoms. The van der Waals surface area contributed by atoms with E-state index in [1.165, 1.54) is 0 Å². The Morgan fingerprint density at radius 3 is 2.77 bits per heavy atom. The molecule has 3 aromatic rings. The van der Waals surface area contributed by atoms with Crippen molar-refractivity contribution in [1.29, 1.82) is 0 Å². The molecule has 0 fully saturated rings. The summed E-state index contributed by atoms with van der Waals surface area (Å²) in [5.41, 5.74) is 1.58. The highest BCUT2D eigenvalue weighted by molar-refractivity contribution is 7.09. The van der Waals surface area contributed by atoms with Gasteiger partial charge in [0.05, 0.1) is 24.2 Å². The fraction of sp³-hybridized carbons (Fsp3) is 0.250. The molecule has 1 atom stereocenters. The van der Waals surface area contributed by atoms with Gasteiger partial charge >= 0.3 is 0 Å². The highest BCUT2D eigenvalue weighted by atomic mass is 32.1. The van der Waals surface area contributed by atoms with Crippen molar-refractivity contribution in [1.82, 2.24) is 9.97 Å². The van der Waals surface area contributed by atoms with E-state index in [4.69, 9.17) is 9.47 Å². The van der Waals surface area contributed by atoms with Gasteiger partial charge in [0.2, 0.25) is 0 Å². The summed E-state index contributed by atoms with van der Waals surface area (Å²) < 4.78 is 11.0. The molecule has 6 heteroatoms. The second kappa shape index (κ2) is 7.31. The molecular weight excluding hydrogens is 300 g/mol. The van der Waals surface area contributed by atoms with Gasteiger partial charge in [-0.05, 0) is 23.6 Å². The molecule has 0 aliphatic rings. The third-order valence-electron chi connectivity index (χ3n) is 3.02. The van der Waals surface area contributed by atoms with Crippen LogP contribution < -0.4 is 4.74 Å². The van der Waals surface area contributed by atoms with Crippen molar-refractivity contribution in [3.05, 3.63) is 53.0 Å². The quantitative estimate of drug-likeness (QED) is 0.726. The fourth-order valence-electron chi connectivity index (χ4n) is 1.96. The number of rotatable bonds is 7. The lowest BCUT2D eigenvalue weighted by molar-refractivity contribution is 0.00627. The SMILES string of the molecule is OC(COCc1cccs1)COc1ccc2nccnc2c1. The van der Waals surface area contributed by atoms with Crippen LogP contribution in [0.2, 0.25) is 0 Å². The third-order valence-corrected chi connectivity index (χ3v) is 3.87. The van der Waals surface area contributed by atoms with E-state index in [0.29, 0.717) is 12.4 Å². The Kier molecular flexibility index (Phi) is 4.95. The number of thiophene rings is 1. The average molecular weight is 316 g/mol. The van der Waals surface area contributed by atoms with Gasteiger partial charge in [-0.3, -0.25) is 9.97 Å². The normalized spacial score (nSPS) is 12.4. The molecule has 0 saturated carbocycles. The van der Waals surface area contributed by atoms with Crippen molar-refractivity contribution >= 4 is 22.4 Å². The van der Waals surface area contributed by atoms with E-state index >= 15 is 0 Å². The molecule has 0 amide bonds. The molecule has 114 valence electrons. The van der Waals surface area contributed by atoms with E-state index in [2.05, 4.69) is 9.97 Å². The number of ether oxygens (including phenoxy) is 2. The van der Waals surface area contributed by atoms with Crippen molar-refractivity contribution < 1.29 is 14.6 Å². The maximum absolute atomic E-state index is 9.88. The number of aliphatic hydroxyl groups excluding tert-OH is 1. The van der Waals surface area contributed by atoms with Crippen molar-refractivity contribution in [2.45, 2.75) is 12.7 Å². The van der Waals surface area contributed by atoms with Gasteiger partial charge in [0.25, 0.3) is 0 Å². The summed E-state index contributed by atoms with van der Waals surface area (Å²) in [5.74, 6) is 0.658. The molecule has 0 saturated heterocycles. The number of aliphatic hydroxyl groups is 1. The van der Waals surface area contributed by atoms with E-state index in [-0.39, 0.29) is 13.2 Å². The first-order chi connectivity index (χ1) is 10.8. The molecule has 5 nitrogen and oxygen atoms in total. The van der Waals surface area contributed by atoms with Gasteiger partial charge < -0.3 is 14.6 Å². The first-order valence-electron chi connectivity index (χ1n) is 6.93. The lowest BCUT2D eigenvalue weighted by Gasteiger charge is -2.12. The molecule has 0 aliphatic heterocycles. The Morgan fingerprint density at radius 2 is 1.95 bits per heavy atom. The minimum atomic E-state index is -0.669. The van der Waals surface area contributed by atoms with Crippen molar-refractivity contribution in [3.63, 3.8) is 0 Å². The summed E-state index contributed by atoms with van der Waals surface area (Å²) in [5, 5.41) is 11.9. The maximum atomic E-state index is 9.88. The summed E-state index contributed by atoms with van der Waals surface area (Å²) in [6.07, 6.45) is 2.62. The van der Waals surface area contributed by atoms with Crippen LogP contribution in [0.15, 0.2) is 48.1 Å². The molecule has 2 aromatic heterocycles. The number of hydrogen-bond acceptors (Lipinski definition) is 6. The van der Waals surface area contributed by atoms with E-state index in [1.54, 1.807) is 23.7 Å². The summed E-state index contributed by atoms with van der Waals surface area (Å²) in [4.78, 5) is 9.55. The first-order valence-corrected chi connectivity index (χ1v) is 7.81. The van der Waals surface area contributed by atoms with Crippen LogP contribution in [0.1, 0.15) is 4.88 Å². The number of fused-ring (bicyclic) bond motifs is 1. The monoisotopic (exact) mass is 316 g/mol. The van der Waals surface area contributed by atoms with Gasteiger partial charge in [0.1, 0.15) is 18.5 Å². The zero-order valence-corrected chi connectivity index (χ0v) is 12.7. The molecule has 22 heavy (non-hydrogen) atoms. The highest BCUT2D eigenvalue weighted by Crippen LogP contribution is 2.17. The Labute approximate surface area is 132 Å². The van der Waals surface area contributed by atoms with Crippen LogP contribution in [-0.2, 0) is 11.3 Å². The first kappa shape index (κ1) is 14.9. The lowest BCUT2D eigenvalue weighted by atomic mass is 10.3. The van der Waals surface area contributed by atoms with E-state index < -0.39 is 6.10 Å². The van der Waals surface area contributed by atoms with Crippen LogP contribution in [-0.4, -0.2) is 34.4 Å². The smallest absolute Gasteiger partial charge is 0.121 e. The standard InChI is InChI=1S/C16H16N2O3S/c19-12(9-20-11-14-2-1-7-22-14)10-21-13-3-4-15-16(8-13)18-6-5-17-15/h1-8,12,19H,9-11H2. The Bertz CT molecular complexity index is 718. The molecule has 1 unspecified atom stereocenters. The fourth-order valence-corrected chi connectivity index (χ4v) is 2.60. The van der Waals surface area contributed by atoms with E-state index in [1.807, 2.05) is 35.7 Å². The van der Waals surface area contributed by atoms with Crippen molar-refractivity contribution in [2.24, 2.45) is 0 Å². The van der Waals surface area contributed by atoms with Gasteiger partial charge in [0, 0.05) is 23.3 Å². The molecule has 0 aliphatic carbocycles. The summed E-state index contributed by atoms with van der Waals surface area (Å²) in [6.45, 7) is 0.932. The van der Waals surface area contributed by atoms with Crippen molar-refractivity contribution in [2.75, 3.05) is 13.2 Å².